The van der Waals surface area contributed by atoms with E-state index in [1.165, 1.54) is 51.4 Å². The predicted octanol–water partition coefficient (Wildman–Crippen LogP) is 6.47. The number of benzene rings is 1. The summed E-state index contributed by atoms with van der Waals surface area (Å²) in [4.78, 5) is 24.1. The monoisotopic (exact) mass is 388 g/mol. The average Bonchev–Trinajstić information content (AvgIpc) is 2.68. The van der Waals surface area contributed by atoms with E-state index >= 15 is 0 Å². The molecule has 0 heterocycles. The molecule has 0 saturated heterocycles. The van der Waals surface area contributed by atoms with Crippen LogP contribution in [-0.4, -0.2) is 24.6 Å². The van der Waals surface area contributed by atoms with Gasteiger partial charge in [0.15, 0.2) is 0 Å². The van der Waals surface area contributed by atoms with Crippen molar-refractivity contribution in [3.8, 4) is 0 Å². The Morgan fingerprint density at radius 1 is 0.786 bits per heavy atom. The second-order valence-electron chi connectivity index (χ2n) is 7.85. The van der Waals surface area contributed by atoms with Gasteiger partial charge in [0.05, 0.1) is 17.7 Å². The second kappa shape index (κ2) is 13.4. The highest BCUT2D eigenvalue weighted by Gasteiger charge is 2.22. The maximum atomic E-state index is 12.1. The van der Waals surface area contributed by atoms with Gasteiger partial charge in [0, 0.05) is 0 Å². The molecule has 1 aromatic rings. The highest BCUT2D eigenvalue weighted by Crippen LogP contribution is 2.23. The molecule has 0 bridgehead atoms. The lowest BCUT2D eigenvalue weighted by Crippen LogP contribution is -2.25. The summed E-state index contributed by atoms with van der Waals surface area (Å²) in [5, 5.41) is 0. The zero-order chi connectivity index (χ0) is 20.0. The van der Waals surface area contributed by atoms with E-state index in [1.807, 2.05) is 0 Å². The first-order chi connectivity index (χ1) is 13.7. The molecule has 4 heteroatoms. The fourth-order valence-corrected chi connectivity index (χ4v) is 3.29. The number of carbonyl (C=O) groups is 2. The second-order valence-corrected chi connectivity index (χ2v) is 7.85. The van der Waals surface area contributed by atoms with Crippen molar-refractivity contribution in [3.05, 3.63) is 35.4 Å². The molecule has 0 unspecified atom stereocenters. The minimum absolute atomic E-state index is 0.0678. The molecule has 156 valence electrons. The summed E-state index contributed by atoms with van der Waals surface area (Å²) in [7, 11) is 0. The van der Waals surface area contributed by atoms with Gasteiger partial charge in [-0.1, -0.05) is 64.7 Å². The van der Waals surface area contributed by atoms with Crippen LogP contribution >= 0.6 is 0 Å². The number of rotatable bonds is 14. The SMILES string of the molecule is CCCCCCCCCCCCOC(=O)c1ccc(C(=O)OC2CCC2)cc1. The average molecular weight is 389 g/mol. The zero-order valence-electron chi connectivity index (χ0n) is 17.4. The van der Waals surface area contributed by atoms with E-state index in [1.54, 1.807) is 24.3 Å². The van der Waals surface area contributed by atoms with Gasteiger partial charge in [-0.15, -0.1) is 0 Å². The summed E-state index contributed by atoms with van der Waals surface area (Å²) in [6, 6.07) is 6.55. The van der Waals surface area contributed by atoms with Gasteiger partial charge < -0.3 is 9.47 Å². The minimum atomic E-state index is -0.324. The van der Waals surface area contributed by atoms with Crippen LogP contribution in [0.1, 0.15) is 111 Å². The fraction of sp³-hybridized carbons (Fsp3) is 0.667. The quantitative estimate of drug-likeness (QED) is 0.270. The Hall–Kier alpha value is -1.84. The first-order valence-corrected chi connectivity index (χ1v) is 11.2. The predicted molar refractivity (Wildman–Crippen MR) is 112 cm³/mol. The third kappa shape index (κ3) is 8.45. The number of carbonyl (C=O) groups excluding carboxylic acids is 2. The van der Waals surface area contributed by atoms with E-state index < -0.39 is 0 Å². The molecule has 28 heavy (non-hydrogen) atoms. The Morgan fingerprint density at radius 2 is 1.29 bits per heavy atom. The Kier molecular flexibility index (Phi) is 10.7. The molecule has 1 aliphatic carbocycles. The van der Waals surface area contributed by atoms with Gasteiger partial charge >= 0.3 is 11.9 Å². The van der Waals surface area contributed by atoms with Crippen LogP contribution in [0.15, 0.2) is 24.3 Å². The molecular weight excluding hydrogens is 352 g/mol. The molecule has 0 spiro atoms. The third-order valence-electron chi connectivity index (χ3n) is 5.41. The van der Waals surface area contributed by atoms with Gasteiger partial charge in [-0.3, -0.25) is 0 Å². The van der Waals surface area contributed by atoms with Crippen molar-refractivity contribution in [3.63, 3.8) is 0 Å². The first kappa shape index (κ1) is 22.4. The van der Waals surface area contributed by atoms with Crippen LogP contribution in [-0.2, 0) is 9.47 Å². The molecule has 4 nitrogen and oxygen atoms in total. The fourth-order valence-electron chi connectivity index (χ4n) is 3.29. The lowest BCUT2D eigenvalue weighted by Gasteiger charge is -2.25. The summed E-state index contributed by atoms with van der Waals surface area (Å²) >= 11 is 0. The van der Waals surface area contributed by atoms with Crippen molar-refractivity contribution < 1.29 is 19.1 Å². The normalized spacial score (nSPS) is 13.8. The smallest absolute Gasteiger partial charge is 0.338 e. The van der Waals surface area contributed by atoms with Crippen LogP contribution in [0.2, 0.25) is 0 Å². The van der Waals surface area contributed by atoms with Gasteiger partial charge in [0.2, 0.25) is 0 Å². The summed E-state index contributed by atoms with van der Waals surface area (Å²) in [6.45, 7) is 2.70. The van der Waals surface area contributed by atoms with Crippen LogP contribution in [0.4, 0.5) is 0 Å². The van der Waals surface area contributed by atoms with Gasteiger partial charge in [0.1, 0.15) is 6.10 Å². The molecule has 2 rings (SSSR count). The molecule has 1 aliphatic rings. The van der Waals surface area contributed by atoms with Crippen molar-refractivity contribution >= 4 is 11.9 Å². The lowest BCUT2D eigenvalue weighted by molar-refractivity contribution is 0.00896. The summed E-state index contributed by atoms with van der Waals surface area (Å²) < 4.78 is 10.7. The van der Waals surface area contributed by atoms with Crippen molar-refractivity contribution in [2.75, 3.05) is 6.61 Å². The van der Waals surface area contributed by atoms with Crippen LogP contribution < -0.4 is 0 Å². The molecule has 0 amide bonds. The lowest BCUT2D eigenvalue weighted by atomic mass is 9.96. The Bertz CT molecular complexity index is 575. The zero-order valence-corrected chi connectivity index (χ0v) is 17.4. The maximum Gasteiger partial charge on any atom is 0.338 e. The standard InChI is InChI=1S/C24H36O4/c1-2-3-4-5-6-7-8-9-10-11-19-27-23(25)20-15-17-21(18-16-20)24(26)28-22-13-12-14-22/h15-18,22H,2-14,19H2,1H3. The van der Waals surface area contributed by atoms with E-state index in [4.69, 9.17) is 9.47 Å². The van der Waals surface area contributed by atoms with Gasteiger partial charge in [-0.05, 0) is 49.9 Å². The topological polar surface area (TPSA) is 52.6 Å². The van der Waals surface area contributed by atoms with Gasteiger partial charge in [-0.2, -0.15) is 0 Å². The molecule has 1 fully saturated rings. The maximum absolute atomic E-state index is 12.1. The highest BCUT2D eigenvalue weighted by atomic mass is 16.5. The van der Waals surface area contributed by atoms with Crippen LogP contribution in [0, 0.1) is 0 Å². The van der Waals surface area contributed by atoms with Crippen LogP contribution in [0.3, 0.4) is 0 Å². The Labute approximate surface area is 170 Å². The number of hydrogen-bond acceptors (Lipinski definition) is 4. The molecule has 0 aromatic heterocycles. The largest absolute Gasteiger partial charge is 0.462 e. The van der Waals surface area contributed by atoms with E-state index in [0.29, 0.717) is 17.7 Å². The molecular formula is C24H36O4. The van der Waals surface area contributed by atoms with E-state index in [2.05, 4.69) is 6.92 Å². The van der Waals surface area contributed by atoms with Crippen LogP contribution in [0.25, 0.3) is 0 Å². The Balaban J connectivity index is 1.52. The van der Waals surface area contributed by atoms with Crippen molar-refractivity contribution in [2.45, 2.75) is 96.5 Å². The number of hydrogen-bond donors (Lipinski definition) is 0. The molecule has 0 radical (unpaired) electrons. The van der Waals surface area contributed by atoms with E-state index in [-0.39, 0.29) is 18.0 Å². The van der Waals surface area contributed by atoms with Crippen molar-refractivity contribution in [1.82, 2.24) is 0 Å². The summed E-state index contributed by atoms with van der Waals surface area (Å²) in [5.41, 5.74) is 0.963. The summed E-state index contributed by atoms with van der Waals surface area (Å²) in [5.74, 6) is -0.634. The Morgan fingerprint density at radius 3 is 1.79 bits per heavy atom. The van der Waals surface area contributed by atoms with E-state index in [9.17, 15) is 9.59 Å². The van der Waals surface area contributed by atoms with E-state index in [0.717, 1.165) is 32.1 Å². The van der Waals surface area contributed by atoms with Crippen molar-refractivity contribution in [1.29, 1.82) is 0 Å². The highest BCUT2D eigenvalue weighted by molar-refractivity contribution is 5.93. The molecule has 0 N–H and O–H groups in total. The number of unbranched alkanes of at least 4 members (excludes halogenated alkanes) is 9. The number of esters is 2. The van der Waals surface area contributed by atoms with Gasteiger partial charge in [0.25, 0.3) is 0 Å². The molecule has 0 atom stereocenters. The van der Waals surface area contributed by atoms with Crippen LogP contribution in [0.5, 0.6) is 0 Å². The van der Waals surface area contributed by atoms with Crippen molar-refractivity contribution in [2.24, 2.45) is 0 Å². The first-order valence-electron chi connectivity index (χ1n) is 11.2. The third-order valence-corrected chi connectivity index (χ3v) is 5.41. The molecule has 1 aromatic carbocycles. The number of ether oxygens (including phenoxy) is 2. The summed E-state index contributed by atoms with van der Waals surface area (Å²) in [6.07, 6.45) is 15.7. The molecule has 0 aliphatic heterocycles. The van der Waals surface area contributed by atoms with Gasteiger partial charge in [-0.25, -0.2) is 9.59 Å². The molecule has 1 saturated carbocycles. The minimum Gasteiger partial charge on any atom is -0.462 e.